The zero-order valence-corrected chi connectivity index (χ0v) is 14.7. The van der Waals surface area contributed by atoms with Gasteiger partial charge in [-0.05, 0) is 47.9 Å². The van der Waals surface area contributed by atoms with Gasteiger partial charge >= 0.3 is 0 Å². The van der Waals surface area contributed by atoms with Gasteiger partial charge in [-0.25, -0.2) is 4.98 Å². The van der Waals surface area contributed by atoms with Crippen LogP contribution < -0.4 is 4.74 Å². The molecule has 5 heteroatoms. The van der Waals surface area contributed by atoms with E-state index >= 15 is 0 Å². The first-order chi connectivity index (χ1) is 11.6. The number of ether oxygens (including phenoxy) is 1. The molecule has 0 atom stereocenters. The second kappa shape index (κ2) is 6.11. The van der Waals surface area contributed by atoms with Crippen molar-refractivity contribution in [2.24, 2.45) is 7.05 Å². The van der Waals surface area contributed by atoms with Gasteiger partial charge in [0.2, 0.25) is 0 Å². The normalized spacial score (nSPS) is 14.8. The topological polar surface area (TPSA) is 30.3 Å². The van der Waals surface area contributed by atoms with E-state index in [-0.39, 0.29) is 0 Å². The van der Waals surface area contributed by atoms with Crippen molar-refractivity contribution in [2.45, 2.75) is 19.5 Å². The van der Waals surface area contributed by atoms with Crippen molar-refractivity contribution in [2.75, 3.05) is 13.7 Å². The number of hydrogen-bond donors (Lipinski definition) is 0. The van der Waals surface area contributed by atoms with Gasteiger partial charge in [0.25, 0.3) is 0 Å². The minimum absolute atomic E-state index is 0.728. The summed E-state index contributed by atoms with van der Waals surface area (Å²) in [6, 6.07) is 12.3. The molecule has 1 aliphatic heterocycles. The number of halogens is 1. The van der Waals surface area contributed by atoms with E-state index in [1.165, 1.54) is 11.1 Å². The summed E-state index contributed by atoms with van der Waals surface area (Å²) in [4.78, 5) is 7.20. The summed E-state index contributed by atoms with van der Waals surface area (Å²) in [7, 11) is 3.78. The van der Waals surface area contributed by atoms with Crippen LogP contribution in [0.15, 0.2) is 36.4 Å². The Labute approximate surface area is 146 Å². The van der Waals surface area contributed by atoms with Gasteiger partial charge in [0, 0.05) is 25.2 Å². The molecule has 2 aromatic carbocycles. The molecule has 0 saturated carbocycles. The Morgan fingerprint density at radius 3 is 2.88 bits per heavy atom. The Bertz CT molecular complexity index is 903. The quantitative estimate of drug-likeness (QED) is 0.726. The molecule has 0 radical (unpaired) electrons. The number of hydrogen-bond acceptors (Lipinski definition) is 3. The molecular formula is C19H20ClN3O. The lowest BCUT2D eigenvalue weighted by atomic mass is 9.99. The lowest BCUT2D eigenvalue weighted by Crippen LogP contribution is -2.31. The van der Waals surface area contributed by atoms with Crippen LogP contribution in [0.5, 0.6) is 5.75 Å². The second-order valence-electron chi connectivity index (χ2n) is 6.32. The summed E-state index contributed by atoms with van der Waals surface area (Å²) in [5.41, 5.74) is 4.85. The highest BCUT2D eigenvalue weighted by molar-refractivity contribution is 6.31. The molecule has 4 rings (SSSR count). The molecule has 0 unspecified atom stereocenters. The van der Waals surface area contributed by atoms with Gasteiger partial charge in [0.15, 0.2) is 0 Å². The van der Waals surface area contributed by atoms with Crippen LogP contribution >= 0.6 is 11.6 Å². The second-order valence-corrected chi connectivity index (χ2v) is 6.75. The predicted octanol–water partition coefficient (Wildman–Crippen LogP) is 3.79. The minimum Gasteiger partial charge on any atom is -0.497 e. The Hall–Kier alpha value is -2.04. The Balaban J connectivity index is 1.59. The molecule has 0 N–H and O–H groups in total. The smallest absolute Gasteiger partial charge is 0.123 e. The molecule has 0 aliphatic carbocycles. The van der Waals surface area contributed by atoms with Crippen molar-refractivity contribution in [1.82, 2.24) is 14.5 Å². The third-order valence-corrected chi connectivity index (χ3v) is 5.04. The van der Waals surface area contributed by atoms with E-state index in [2.05, 4.69) is 28.6 Å². The highest BCUT2D eigenvalue weighted by Crippen LogP contribution is 2.26. The third-order valence-electron chi connectivity index (χ3n) is 4.81. The first-order valence-electron chi connectivity index (χ1n) is 8.13. The van der Waals surface area contributed by atoms with E-state index in [1.54, 1.807) is 7.11 Å². The maximum atomic E-state index is 6.09. The number of imidazole rings is 1. The molecule has 4 nitrogen and oxygen atoms in total. The fraction of sp³-hybridized carbons (Fsp3) is 0.316. The van der Waals surface area contributed by atoms with Crippen LogP contribution in [0.4, 0.5) is 0 Å². The first kappa shape index (κ1) is 15.5. The largest absolute Gasteiger partial charge is 0.497 e. The third kappa shape index (κ3) is 2.76. The Kier molecular flexibility index (Phi) is 3.94. The molecule has 24 heavy (non-hydrogen) atoms. The highest BCUT2D eigenvalue weighted by Gasteiger charge is 2.19. The van der Waals surface area contributed by atoms with Gasteiger partial charge in [0.05, 0.1) is 24.7 Å². The standard InChI is InChI=1S/C19H20ClN3O/c1-22-18-6-4-15(20)10-17(18)21-19(22)12-23-8-7-13-3-5-16(24-2)9-14(13)11-23/h3-6,9-10H,7-8,11-12H2,1-2H3. The first-order valence-corrected chi connectivity index (χ1v) is 8.51. The maximum Gasteiger partial charge on any atom is 0.123 e. The van der Waals surface area contributed by atoms with E-state index in [9.17, 15) is 0 Å². The van der Waals surface area contributed by atoms with E-state index in [1.807, 2.05) is 24.3 Å². The van der Waals surface area contributed by atoms with Gasteiger partial charge in [-0.1, -0.05) is 17.7 Å². The monoisotopic (exact) mass is 341 g/mol. The molecule has 0 bridgehead atoms. The molecule has 3 aromatic rings. The zero-order chi connectivity index (χ0) is 16.7. The molecule has 0 saturated heterocycles. The minimum atomic E-state index is 0.728. The lowest BCUT2D eigenvalue weighted by molar-refractivity contribution is 0.237. The average molecular weight is 342 g/mol. The number of aryl methyl sites for hydroxylation is 1. The SMILES string of the molecule is COc1ccc2c(c1)CN(Cc1nc3cc(Cl)ccc3n1C)CC2. The van der Waals surface area contributed by atoms with Crippen molar-refractivity contribution in [3.8, 4) is 5.75 Å². The fourth-order valence-corrected chi connectivity index (χ4v) is 3.58. The summed E-state index contributed by atoms with van der Waals surface area (Å²) in [5.74, 6) is 1.99. The van der Waals surface area contributed by atoms with Crippen LogP contribution in [0.2, 0.25) is 5.02 Å². The highest BCUT2D eigenvalue weighted by atomic mass is 35.5. The number of nitrogens with zero attached hydrogens (tertiary/aromatic N) is 3. The Morgan fingerprint density at radius 2 is 2.04 bits per heavy atom. The molecule has 2 heterocycles. The van der Waals surface area contributed by atoms with Crippen LogP contribution in [-0.4, -0.2) is 28.1 Å². The molecular weight excluding hydrogens is 322 g/mol. The molecule has 0 amide bonds. The van der Waals surface area contributed by atoms with Crippen LogP contribution in [0, 0.1) is 0 Å². The molecule has 124 valence electrons. The number of benzene rings is 2. The van der Waals surface area contributed by atoms with Crippen molar-refractivity contribution in [3.05, 3.63) is 58.4 Å². The number of aromatic nitrogens is 2. The Morgan fingerprint density at radius 1 is 1.17 bits per heavy atom. The van der Waals surface area contributed by atoms with Crippen molar-refractivity contribution >= 4 is 22.6 Å². The maximum absolute atomic E-state index is 6.09. The summed E-state index contributed by atoms with van der Waals surface area (Å²) >= 11 is 6.09. The van der Waals surface area contributed by atoms with Crippen LogP contribution in [0.1, 0.15) is 17.0 Å². The van der Waals surface area contributed by atoms with Crippen molar-refractivity contribution < 1.29 is 4.74 Å². The van der Waals surface area contributed by atoms with Crippen LogP contribution in [-0.2, 0) is 26.6 Å². The lowest BCUT2D eigenvalue weighted by Gasteiger charge is -2.28. The van der Waals surface area contributed by atoms with E-state index < -0.39 is 0 Å². The number of rotatable bonds is 3. The van der Waals surface area contributed by atoms with E-state index in [4.69, 9.17) is 21.3 Å². The summed E-state index contributed by atoms with van der Waals surface area (Å²) < 4.78 is 7.52. The van der Waals surface area contributed by atoms with Crippen LogP contribution in [0.3, 0.4) is 0 Å². The van der Waals surface area contributed by atoms with E-state index in [0.717, 1.165) is 53.7 Å². The molecule has 0 fully saturated rings. The van der Waals surface area contributed by atoms with Gasteiger partial charge < -0.3 is 9.30 Å². The van der Waals surface area contributed by atoms with Crippen LogP contribution in [0.25, 0.3) is 11.0 Å². The summed E-state index contributed by atoms with van der Waals surface area (Å²) in [6.07, 6.45) is 1.06. The zero-order valence-electron chi connectivity index (χ0n) is 13.9. The summed E-state index contributed by atoms with van der Waals surface area (Å²) in [6.45, 7) is 2.80. The van der Waals surface area contributed by atoms with Gasteiger partial charge in [-0.15, -0.1) is 0 Å². The molecule has 1 aromatic heterocycles. The number of fused-ring (bicyclic) bond motifs is 2. The fourth-order valence-electron chi connectivity index (χ4n) is 3.42. The van der Waals surface area contributed by atoms with Crippen molar-refractivity contribution in [3.63, 3.8) is 0 Å². The van der Waals surface area contributed by atoms with Crippen molar-refractivity contribution in [1.29, 1.82) is 0 Å². The summed E-state index contributed by atoms with van der Waals surface area (Å²) in [5, 5.41) is 0.728. The van der Waals surface area contributed by atoms with Gasteiger partial charge in [0.1, 0.15) is 11.6 Å². The average Bonchev–Trinajstić information content (AvgIpc) is 2.89. The predicted molar refractivity (Wildman–Crippen MR) is 96.5 cm³/mol. The van der Waals surface area contributed by atoms with Gasteiger partial charge in [-0.2, -0.15) is 0 Å². The van der Waals surface area contributed by atoms with Gasteiger partial charge in [-0.3, -0.25) is 4.90 Å². The molecule has 1 aliphatic rings. The van der Waals surface area contributed by atoms with E-state index in [0.29, 0.717) is 0 Å². The molecule has 0 spiro atoms. The number of methoxy groups -OCH3 is 1.